The quantitative estimate of drug-likeness (QED) is 0.315. The number of alkyl halides is 3. The summed E-state index contributed by atoms with van der Waals surface area (Å²) in [6.07, 6.45) is 5.17. The van der Waals surface area contributed by atoms with Gasteiger partial charge in [-0.25, -0.2) is 17.6 Å². The van der Waals surface area contributed by atoms with Gasteiger partial charge in [0.1, 0.15) is 5.82 Å². The standard InChI is InChI=1S/C27H39F4N3O2/c1-16(27(36)34(2)25(31)24(29)30)19-13-14-21(20(28)15-19)33-26(35)23(32)22(17-9-5-3-6-10-17)18-11-7-4-8-12-18/h13-18,22-25H,3-12,32H2,1-2H3,(H,33,35). The number of anilines is 1. The highest BCUT2D eigenvalue weighted by atomic mass is 19.3. The Kier molecular flexibility index (Phi) is 10.2. The summed E-state index contributed by atoms with van der Waals surface area (Å²) in [5, 5.41) is 2.63. The predicted octanol–water partition coefficient (Wildman–Crippen LogP) is 5.99. The van der Waals surface area contributed by atoms with Crippen LogP contribution in [0.5, 0.6) is 0 Å². The Morgan fingerprint density at radius 2 is 1.50 bits per heavy atom. The summed E-state index contributed by atoms with van der Waals surface area (Å²) in [6.45, 7) is 1.39. The van der Waals surface area contributed by atoms with Gasteiger partial charge in [-0.05, 0) is 42.4 Å². The lowest BCUT2D eigenvalue weighted by atomic mass is 9.66. The minimum Gasteiger partial charge on any atom is -0.322 e. The first kappa shape index (κ1) is 28.4. The molecular formula is C27H39F4N3O2. The van der Waals surface area contributed by atoms with Gasteiger partial charge in [-0.2, -0.15) is 0 Å². The van der Waals surface area contributed by atoms with Crippen LogP contribution < -0.4 is 11.1 Å². The molecular weight excluding hydrogens is 474 g/mol. The first-order valence-corrected chi connectivity index (χ1v) is 13.2. The second kappa shape index (κ2) is 12.9. The van der Waals surface area contributed by atoms with E-state index in [0.717, 1.165) is 64.5 Å². The number of nitrogens with one attached hydrogen (secondary N) is 1. The van der Waals surface area contributed by atoms with Gasteiger partial charge in [0.2, 0.25) is 18.1 Å². The highest BCUT2D eigenvalue weighted by molar-refractivity contribution is 5.95. The van der Waals surface area contributed by atoms with Crippen molar-refractivity contribution >= 4 is 17.5 Å². The normalized spacial score (nSPS) is 20.2. The predicted molar refractivity (Wildman–Crippen MR) is 132 cm³/mol. The van der Waals surface area contributed by atoms with E-state index in [1.54, 1.807) is 0 Å². The van der Waals surface area contributed by atoms with Crippen molar-refractivity contribution in [3.8, 4) is 0 Å². The maximum atomic E-state index is 14.9. The Bertz CT molecular complexity index is 870. The Labute approximate surface area is 211 Å². The van der Waals surface area contributed by atoms with Crippen LogP contribution in [0.3, 0.4) is 0 Å². The first-order valence-electron chi connectivity index (χ1n) is 13.2. The molecule has 3 unspecified atom stereocenters. The van der Waals surface area contributed by atoms with E-state index in [9.17, 15) is 27.2 Å². The molecule has 1 aromatic carbocycles. The van der Waals surface area contributed by atoms with Gasteiger partial charge < -0.3 is 16.0 Å². The van der Waals surface area contributed by atoms with Crippen LogP contribution in [-0.2, 0) is 9.59 Å². The van der Waals surface area contributed by atoms with E-state index >= 15 is 0 Å². The van der Waals surface area contributed by atoms with Crippen LogP contribution in [0.4, 0.5) is 23.2 Å². The van der Waals surface area contributed by atoms with Crippen LogP contribution in [0, 0.1) is 23.6 Å². The lowest BCUT2D eigenvalue weighted by Crippen LogP contribution is -2.48. The topological polar surface area (TPSA) is 75.4 Å². The largest absolute Gasteiger partial charge is 0.322 e. The Balaban J connectivity index is 1.71. The number of rotatable bonds is 9. The van der Waals surface area contributed by atoms with E-state index in [1.807, 2.05) is 0 Å². The zero-order valence-electron chi connectivity index (χ0n) is 21.2. The maximum Gasteiger partial charge on any atom is 0.287 e. The SMILES string of the molecule is CC(C(=O)N(C)C(F)C(F)F)c1ccc(NC(=O)C(N)C(C2CCCCC2)C2CCCCC2)c(F)c1. The van der Waals surface area contributed by atoms with Crippen molar-refractivity contribution in [3.63, 3.8) is 0 Å². The van der Waals surface area contributed by atoms with Crippen LogP contribution in [0.2, 0.25) is 0 Å². The molecule has 3 rings (SSSR count). The van der Waals surface area contributed by atoms with E-state index in [4.69, 9.17) is 5.73 Å². The highest BCUT2D eigenvalue weighted by Gasteiger charge is 2.38. The van der Waals surface area contributed by atoms with Crippen molar-refractivity contribution in [1.82, 2.24) is 4.90 Å². The molecule has 36 heavy (non-hydrogen) atoms. The Morgan fingerprint density at radius 3 is 1.97 bits per heavy atom. The second-order valence-electron chi connectivity index (χ2n) is 10.5. The zero-order chi connectivity index (χ0) is 26.4. The molecule has 0 spiro atoms. The molecule has 0 aromatic heterocycles. The van der Waals surface area contributed by atoms with Crippen molar-refractivity contribution in [1.29, 1.82) is 0 Å². The van der Waals surface area contributed by atoms with Crippen LogP contribution in [0.25, 0.3) is 0 Å². The number of amides is 2. The second-order valence-corrected chi connectivity index (χ2v) is 10.5. The number of hydrogen-bond donors (Lipinski definition) is 2. The van der Waals surface area contributed by atoms with E-state index in [-0.39, 0.29) is 17.2 Å². The first-order chi connectivity index (χ1) is 17.1. The summed E-state index contributed by atoms with van der Waals surface area (Å²) in [4.78, 5) is 25.9. The molecule has 3 atom stereocenters. The van der Waals surface area contributed by atoms with Crippen molar-refractivity contribution in [2.75, 3.05) is 12.4 Å². The molecule has 0 heterocycles. The summed E-state index contributed by atoms with van der Waals surface area (Å²) in [5.74, 6) is -2.29. The van der Waals surface area contributed by atoms with Gasteiger partial charge in [0.25, 0.3) is 6.43 Å². The third kappa shape index (κ3) is 6.78. The molecule has 2 fully saturated rings. The van der Waals surface area contributed by atoms with E-state index in [1.165, 1.54) is 31.9 Å². The molecule has 0 aliphatic heterocycles. The van der Waals surface area contributed by atoms with E-state index in [2.05, 4.69) is 5.32 Å². The van der Waals surface area contributed by atoms with E-state index < -0.39 is 42.3 Å². The maximum absolute atomic E-state index is 14.9. The van der Waals surface area contributed by atoms with Crippen LogP contribution in [0.15, 0.2) is 18.2 Å². The molecule has 0 bridgehead atoms. The third-order valence-corrected chi connectivity index (χ3v) is 8.15. The number of nitrogens with two attached hydrogens (primary N) is 1. The monoisotopic (exact) mass is 513 g/mol. The van der Waals surface area contributed by atoms with Gasteiger partial charge >= 0.3 is 0 Å². The molecule has 3 N–H and O–H groups in total. The van der Waals surface area contributed by atoms with Gasteiger partial charge in [-0.15, -0.1) is 0 Å². The fraction of sp³-hybridized carbons (Fsp3) is 0.704. The van der Waals surface area contributed by atoms with Gasteiger partial charge in [-0.3, -0.25) is 9.59 Å². The summed E-state index contributed by atoms with van der Waals surface area (Å²) in [7, 11) is 0.942. The van der Waals surface area contributed by atoms with Gasteiger partial charge in [0.05, 0.1) is 17.6 Å². The van der Waals surface area contributed by atoms with Crippen LogP contribution in [-0.4, -0.2) is 42.5 Å². The molecule has 0 radical (unpaired) electrons. The molecule has 9 heteroatoms. The molecule has 2 aliphatic carbocycles. The molecule has 1 aromatic rings. The summed E-state index contributed by atoms with van der Waals surface area (Å²) in [5.41, 5.74) is 6.67. The number of nitrogens with zero attached hydrogens (tertiary/aromatic N) is 1. The number of carbonyl (C=O) groups is 2. The van der Waals surface area contributed by atoms with Crippen LogP contribution in [0.1, 0.15) is 82.6 Å². The summed E-state index contributed by atoms with van der Waals surface area (Å²) in [6, 6.07) is 3.07. The zero-order valence-corrected chi connectivity index (χ0v) is 21.2. The van der Waals surface area contributed by atoms with Crippen molar-refractivity contribution in [2.45, 2.75) is 95.8 Å². The van der Waals surface area contributed by atoms with Gasteiger partial charge in [-0.1, -0.05) is 70.3 Å². The molecule has 2 saturated carbocycles. The minimum atomic E-state index is -3.34. The molecule has 2 amide bonds. The highest BCUT2D eigenvalue weighted by Crippen LogP contribution is 2.41. The number of likely N-dealkylation sites (N-methyl/N-ethyl adjacent to an activating group) is 1. The number of carbonyl (C=O) groups excluding carboxylic acids is 2. The molecule has 202 valence electrons. The summed E-state index contributed by atoms with van der Waals surface area (Å²) >= 11 is 0. The fourth-order valence-corrected chi connectivity index (χ4v) is 6.04. The minimum absolute atomic E-state index is 0.0598. The van der Waals surface area contributed by atoms with Gasteiger partial charge in [0, 0.05) is 7.05 Å². The Hall–Kier alpha value is -2.16. The smallest absolute Gasteiger partial charge is 0.287 e. The molecule has 0 saturated heterocycles. The van der Waals surface area contributed by atoms with E-state index in [0.29, 0.717) is 16.7 Å². The number of hydrogen-bond acceptors (Lipinski definition) is 3. The van der Waals surface area contributed by atoms with Crippen molar-refractivity contribution in [3.05, 3.63) is 29.6 Å². The number of halogens is 4. The Morgan fingerprint density at radius 1 is 0.972 bits per heavy atom. The fourth-order valence-electron chi connectivity index (χ4n) is 6.04. The van der Waals surface area contributed by atoms with Crippen molar-refractivity contribution in [2.24, 2.45) is 23.5 Å². The molecule has 2 aliphatic rings. The third-order valence-electron chi connectivity index (χ3n) is 8.15. The summed E-state index contributed by atoms with van der Waals surface area (Å²) < 4.78 is 53.7. The van der Waals surface area contributed by atoms with Crippen LogP contribution >= 0.6 is 0 Å². The number of benzene rings is 1. The average molecular weight is 514 g/mol. The van der Waals surface area contributed by atoms with Gasteiger partial charge in [0.15, 0.2) is 0 Å². The average Bonchev–Trinajstić information content (AvgIpc) is 2.89. The lowest BCUT2D eigenvalue weighted by molar-refractivity contribution is -0.143. The molecule has 5 nitrogen and oxygen atoms in total. The van der Waals surface area contributed by atoms with Crippen molar-refractivity contribution < 1.29 is 27.2 Å². The lowest BCUT2D eigenvalue weighted by Gasteiger charge is -2.40.